The van der Waals surface area contributed by atoms with Crippen LogP contribution in [0.15, 0.2) is 72.8 Å². The summed E-state index contributed by atoms with van der Waals surface area (Å²) in [4.78, 5) is 14.7. The van der Waals surface area contributed by atoms with Crippen LogP contribution >= 0.6 is 11.3 Å². The van der Waals surface area contributed by atoms with Gasteiger partial charge in [0.2, 0.25) is 0 Å². The van der Waals surface area contributed by atoms with Crippen LogP contribution in [0.5, 0.6) is 0 Å². The summed E-state index contributed by atoms with van der Waals surface area (Å²) in [7, 11) is 0. The van der Waals surface area contributed by atoms with Crippen molar-refractivity contribution >= 4 is 33.3 Å². The zero-order valence-corrected chi connectivity index (χ0v) is 17.4. The van der Waals surface area contributed by atoms with Crippen molar-refractivity contribution in [2.75, 3.05) is 5.32 Å². The predicted molar refractivity (Wildman–Crippen MR) is 120 cm³/mol. The fraction of sp³-hybridized carbons (Fsp3) is 0.0870. The third-order valence-electron chi connectivity index (χ3n) is 4.84. The molecule has 2 aromatic carbocycles. The van der Waals surface area contributed by atoms with Crippen molar-refractivity contribution < 1.29 is 4.79 Å². The monoisotopic (exact) mass is 413 g/mol. The van der Waals surface area contributed by atoms with E-state index in [4.69, 9.17) is 0 Å². The van der Waals surface area contributed by atoms with Crippen LogP contribution in [-0.2, 0) is 0 Å². The van der Waals surface area contributed by atoms with E-state index in [1.807, 2.05) is 91.3 Å². The van der Waals surface area contributed by atoms with Crippen LogP contribution in [0, 0.1) is 13.8 Å². The van der Waals surface area contributed by atoms with Crippen molar-refractivity contribution in [1.29, 1.82) is 0 Å². The van der Waals surface area contributed by atoms with Gasteiger partial charge in [0.05, 0.1) is 27.6 Å². The number of nitrogens with one attached hydrogen (secondary N) is 1. The zero-order valence-electron chi connectivity index (χ0n) is 16.5. The van der Waals surface area contributed by atoms with E-state index in [1.54, 1.807) is 4.68 Å². The van der Waals surface area contributed by atoms with Gasteiger partial charge >= 0.3 is 0 Å². The molecule has 0 saturated carbocycles. The van der Waals surface area contributed by atoms with Gasteiger partial charge in [-0.3, -0.25) is 4.79 Å². The number of carbonyl (C=O) groups excluding carboxylic acids is 1. The summed E-state index contributed by atoms with van der Waals surface area (Å²) in [6.45, 7) is 3.87. The minimum Gasteiger partial charge on any atom is -0.306 e. The molecule has 7 heteroatoms. The Morgan fingerprint density at radius 2 is 1.50 bits per heavy atom. The number of para-hydroxylation sites is 2. The third-order valence-corrected chi connectivity index (χ3v) is 5.95. The van der Waals surface area contributed by atoms with Gasteiger partial charge in [0.25, 0.3) is 5.91 Å². The van der Waals surface area contributed by atoms with Gasteiger partial charge in [0.15, 0.2) is 0 Å². The first kappa shape index (κ1) is 18.3. The van der Waals surface area contributed by atoms with Gasteiger partial charge in [-0.25, -0.2) is 9.36 Å². The van der Waals surface area contributed by atoms with Gasteiger partial charge in [0.1, 0.15) is 10.6 Å². The summed E-state index contributed by atoms with van der Waals surface area (Å²) in [6.07, 6.45) is 0. The van der Waals surface area contributed by atoms with Crippen LogP contribution in [0.3, 0.4) is 0 Å². The van der Waals surface area contributed by atoms with Crippen LogP contribution in [0.1, 0.15) is 21.1 Å². The molecule has 0 saturated heterocycles. The molecule has 0 atom stereocenters. The molecule has 148 valence electrons. The van der Waals surface area contributed by atoms with E-state index in [0.717, 1.165) is 33.0 Å². The van der Waals surface area contributed by atoms with Crippen molar-refractivity contribution in [1.82, 2.24) is 19.6 Å². The van der Waals surface area contributed by atoms with Crippen LogP contribution < -0.4 is 5.32 Å². The van der Waals surface area contributed by atoms with Crippen LogP contribution in [0.4, 0.5) is 5.82 Å². The number of hydrogen-bond acceptors (Lipinski definition) is 4. The fourth-order valence-electron chi connectivity index (χ4n) is 3.44. The Bertz CT molecular complexity index is 1350. The number of thiophene rings is 1. The molecule has 0 fully saturated rings. The summed E-state index contributed by atoms with van der Waals surface area (Å²) in [5.41, 5.74) is 3.60. The third kappa shape index (κ3) is 3.19. The second-order valence-electron chi connectivity index (χ2n) is 7.03. The zero-order chi connectivity index (χ0) is 20.7. The SMILES string of the molecule is Cc1cc(NC(=O)c2cc3c(C)nn(-c4ccccc4)c3s2)n(-c2ccccc2)n1. The molecule has 1 N–H and O–H groups in total. The number of carbonyl (C=O) groups is 1. The highest BCUT2D eigenvalue weighted by Crippen LogP contribution is 2.31. The molecule has 5 aromatic rings. The lowest BCUT2D eigenvalue weighted by atomic mass is 10.3. The fourth-order valence-corrected chi connectivity index (χ4v) is 4.51. The average molecular weight is 414 g/mol. The number of aromatic nitrogens is 4. The summed E-state index contributed by atoms with van der Waals surface area (Å²) < 4.78 is 3.64. The molecule has 0 aliphatic heterocycles. The number of benzene rings is 2. The summed E-state index contributed by atoms with van der Waals surface area (Å²) in [5, 5.41) is 13.2. The number of fused-ring (bicyclic) bond motifs is 1. The van der Waals surface area contributed by atoms with E-state index in [0.29, 0.717) is 10.7 Å². The van der Waals surface area contributed by atoms with Crippen molar-refractivity contribution in [3.63, 3.8) is 0 Å². The van der Waals surface area contributed by atoms with Gasteiger partial charge in [0, 0.05) is 11.5 Å². The summed E-state index contributed by atoms with van der Waals surface area (Å²) in [5.74, 6) is 0.481. The number of anilines is 1. The minimum atomic E-state index is -0.160. The number of hydrogen-bond donors (Lipinski definition) is 1. The number of rotatable bonds is 4. The maximum Gasteiger partial charge on any atom is 0.266 e. The normalized spacial score (nSPS) is 11.1. The molecule has 3 heterocycles. The predicted octanol–water partition coefficient (Wildman–Crippen LogP) is 5.14. The molecule has 0 bridgehead atoms. The highest BCUT2D eigenvalue weighted by Gasteiger charge is 2.19. The average Bonchev–Trinajstić information content (AvgIpc) is 3.44. The summed E-state index contributed by atoms with van der Waals surface area (Å²) in [6, 6.07) is 23.5. The highest BCUT2D eigenvalue weighted by atomic mass is 32.1. The second kappa shape index (κ2) is 7.27. The quantitative estimate of drug-likeness (QED) is 0.444. The number of aryl methyl sites for hydroxylation is 2. The van der Waals surface area contributed by atoms with Crippen molar-refractivity contribution in [3.8, 4) is 11.4 Å². The standard InChI is InChI=1S/C23H19N5OS/c1-15-13-21(27(25-15)17-9-5-3-6-10-17)24-22(29)20-14-19-16(2)26-28(23(19)30-20)18-11-7-4-8-12-18/h3-14H,1-2H3,(H,24,29). The van der Waals surface area contributed by atoms with Crippen LogP contribution in [0.2, 0.25) is 0 Å². The lowest BCUT2D eigenvalue weighted by Crippen LogP contribution is -2.14. The number of nitrogens with zero attached hydrogens (tertiary/aromatic N) is 4. The van der Waals surface area contributed by atoms with E-state index < -0.39 is 0 Å². The van der Waals surface area contributed by atoms with E-state index in [-0.39, 0.29) is 5.91 Å². The van der Waals surface area contributed by atoms with Gasteiger partial charge in [-0.1, -0.05) is 36.4 Å². The second-order valence-corrected chi connectivity index (χ2v) is 8.07. The Balaban J connectivity index is 1.50. The van der Waals surface area contributed by atoms with Gasteiger partial charge in [-0.05, 0) is 44.2 Å². The molecule has 3 aromatic heterocycles. The Morgan fingerprint density at radius 3 is 2.17 bits per heavy atom. The van der Waals surface area contributed by atoms with Crippen molar-refractivity contribution in [2.45, 2.75) is 13.8 Å². The molecular weight excluding hydrogens is 394 g/mol. The van der Waals surface area contributed by atoms with E-state index >= 15 is 0 Å². The Kier molecular flexibility index (Phi) is 4.44. The molecule has 30 heavy (non-hydrogen) atoms. The first-order chi connectivity index (χ1) is 14.6. The highest BCUT2D eigenvalue weighted by molar-refractivity contribution is 7.20. The Hall–Kier alpha value is -3.71. The first-order valence-electron chi connectivity index (χ1n) is 9.58. The maximum absolute atomic E-state index is 13.1. The Labute approximate surface area is 177 Å². The topological polar surface area (TPSA) is 64.7 Å². The Morgan fingerprint density at radius 1 is 0.867 bits per heavy atom. The molecule has 1 amide bonds. The molecular formula is C23H19N5OS. The van der Waals surface area contributed by atoms with E-state index in [1.165, 1.54) is 11.3 Å². The van der Waals surface area contributed by atoms with E-state index in [9.17, 15) is 4.79 Å². The lowest BCUT2D eigenvalue weighted by molar-refractivity contribution is 0.103. The van der Waals surface area contributed by atoms with Gasteiger partial charge < -0.3 is 5.32 Å². The smallest absolute Gasteiger partial charge is 0.266 e. The molecule has 0 aliphatic carbocycles. The van der Waals surface area contributed by atoms with Crippen molar-refractivity contribution in [3.05, 3.63) is 89.1 Å². The van der Waals surface area contributed by atoms with Gasteiger partial charge in [-0.2, -0.15) is 10.2 Å². The lowest BCUT2D eigenvalue weighted by Gasteiger charge is -2.08. The molecule has 0 radical (unpaired) electrons. The van der Waals surface area contributed by atoms with Gasteiger partial charge in [-0.15, -0.1) is 11.3 Å². The first-order valence-corrected chi connectivity index (χ1v) is 10.4. The molecule has 6 nitrogen and oxygen atoms in total. The van der Waals surface area contributed by atoms with E-state index in [2.05, 4.69) is 15.5 Å². The largest absolute Gasteiger partial charge is 0.306 e. The minimum absolute atomic E-state index is 0.160. The maximum atomic E-state index is 13.1. The molecule has 0 unspecified atom stereocenters. The molecule has 0 aliphatic rings. The summed E-state index contributed by atoms with van der Waals surface area (Å²) >= 11 is 1.43. The molecule has 0 spiro atoms. The van der Waals surface area contributed by atoms with Crippen LogP contribution in [0.25, 0.3) is 21.6 Å². The molecule has 5 rings (SSSR count). The van der Waals surface area contributed by atoms with Crippen LogP contribution in [-0.4, -0.2) is 25.5 Å². The van der Waals surface area contributed by atoms with Crippen molar-refractivity contribution in [2.24, 2.45) is 0 Å². The number of amides is 1.